The Bertz CT molecular complexity index is 620. The second-order valence-electron chi connectivity index (χ2n) is 6.26. The van der Waals surface area contributed by atoms with Gasteiger partial charge in [-0.2, -0.15) is 0 Å². The molecule has 5 atom stereocenters. The molecule has 0 amide bonds. The van der Waals surface area contributed by atoms with Gasteiger partial charge in [-0.05, 0) is 6.92 Å². The minimum absolute atomic E-state index is 0.0570. The molecule has 12 nitrogen and oxygen atoms in total. The normalized spacial score (nSPS) is 28.3. The molecule has 0 unspecified atom stereocenters. The molecule has 0 bridgehead atoms. The van der Waals surface area contributed by atoms with Crippen molar-refractivity contribution in [3.63, 3.8) is 0 Å². The lowest BCUT2D eigenvalue weighted by molar-refractivity contribution is -0.415. The molecule has 0 spiro atoms. The fraction of sp³-hybridized carbons (Fsp3) is 0.778. The van der Waals surface area contributed by atoms with Crippen molar-refractivity contribution in [3.8, 4) is 0 Å². The second kappa shape index (κ2) is 11.8. The first kappa shape index (κ1) is 25.8. The van der Waals surface area contributed by atoms with Crippen LogP contribution in [0.25, 0.3) is 0 Å². The molecule has 0 aromatic carbocycles. The topological polar surface area (TPSA) is 153 Å². The summed E-state index contributed by atoms with van der Waals surface area (Å²) >= 11 is 0. The SMILES string of the molecule is CCO[C@H]1O[C@H](COC(C)=O)[C@@H](OC(C)=O)[C@H](OC(C)=O)[C@@]1(OCCO)OC(C)=O. The molecular weight excluding hydrogens is 408 g/mol. The van der Waals surface area contributed by atoms with E-state index in [2.05, 4.69) is 0 Å². The number of rotatable bonds is 10. The number of carbonyl (C=O) groups excluding carboxylic acids is 4. The average Bonchev–Trinajstić information content (AvgIpc) is 2.62. The predicted molar refractivity (Wildman–Crippen MR) is 95.6 cm³/mol. The van der Waals surface area contributed by atoms with E-state index in [1.165, 1.54) is 6.92 Å². The molecule has 1 N–H and O–H groups in total. The summed E-state index contributed by atoms with van der Waals surface area (Å²) in [5.41, 5.74) is 0. The first-order valence-electron chi connectivity index (χ1n) is 9.26. The maximum absolute atomic E-state index is 11.9. The third-order valence-electron chi connectivity index (χ3n) is 3.77. The Morgan fingerprint density at radius 2 is 1.60 bits per heavy atom. The number of aliphatic hydroxyl groups excluding tert-OH is 1. The van der Waals surface area contributed by atoms with Gasteiger partial charge < -0.3 is 38.3 Å². The molecule has 0 saturated carbocycles. The lowest BCUT2D eigenvalue weighted by Crippen LogP contribution is -2.71. The van der Waals surface area contributed by atoms with Gasteiger partial charge in [-0.3, -0.25) is 19.2 Å². The molecule has 0 aromatic rings. The van der Waals surface area contributed by atoms with Gasteiger partial charge in [0.15, 0.2) is 6.10 Å². The third kappa shape index (κ3) is 6.90. The van der Waals surface area contributed by atoms with Gasteiger partial charge in [-0.25, -0.2) is 0 Å². The molecule has 1 rings (SSSR count). The van der Waals surface area contributed by atoms with E-state index < -0.39 is 60.9 Å². The smallest absolute Gasteiger partial charge is 0.306 e. The van der Waals surface area contributed by atoms with Gasteiger partial charge in [0.25, 0.3) is 0 Å². The molecule has 0 radical (unpaired) electrons. The summed E-state index contributed by atoms with van der Waals surface area (Å²) in [5.74, 6) is -5.29. The molecule has 172 valence electrons. The van der Waals surface area contributed by atoms with E-state index in [-0.39, 0.29) is 19.8 Å². The van der Waals surface area contributed by atoms with E-state index in [1.54, 1.807) is 6.92 Å². The van der Waals surface area contributed by atoms with E-state index in [9.17, 15) is 24.3 Å². The van der Waals surface area contributed by atoms with Crippen molar-refractivity contribution >= 4 is 23.9 Å². The maximum Gasteiger partial charge on any atom is 0.306 e. The lowest BCUT2D eigenvalue weighted by Gasteiger charge is -2.50. The molecule has 1 fully saturated rings. The van der Waals surface area contributed by atoms with E-state index in [0.717, 1.165) is 20.8 Å². The molecule has 1 saturated heterocycles. The molecule has 12 heteroatoms. The largest absolute Gasteiger partial charge is 0.463 e. The van der Waals surface area contributed by atoms with Crippen LogP contribution in [0.1, 0.15) is 34.6 Å². The number of carbonyl (C=O) groups is 4. The minimum Gasteiger partial charge on any atom is -0.463 e. The van der Waals surface area contributed by atoms with Crippen molar-refractivity contribution in [2.24, 2.45) is 0 Å². The highest BCUT2D eigenvalue weighted by Gasteiger charge is 2.64. The van der Waals surface area contributed by atoms with Crippen molar-refractivity contribution in [1.82, 2.24) is 0 Å². The van der Waals surface area contributed by atoms with Gasteiger partial charge in [-0.15, -0.1) is 0 Å². The van der Waals surface area contributed by atoms with Crippen LogP contribution in [0.3, 0.4) is 0 Å². The summed E-state index contributed by atoms with van der Waals surface area (Å²) in [6, 6.07) is 0. The van der Waals surface area contributed by atoms with Crippen molar-refractivity contribution in [1.29, 1.82) is 0 Å². The fourth-order valence-electron chi connectivity index (χ4n) is 2.90. The number of esters is 4. The Kier molecular flexibility index (Phi) is 10.1. The number of hydrogen-bond donors (Lipinski definition) is 1. The van der Waals surface area contributed by atoms with Crippen molar-refractivity contribution in [3.05, 3.63) is 0 Å². The van der Waals surface area contributed by atoms with Gasteiger partial charge in [0.2, 0.25) is 12.4 Å². The zero-order valence-corrected chi connectivity index (χ0v) is 17.6. The average molecular weight is 436 g/mol. The Morgan fingerprint density at radius 3 is 2.07 bits per heavy atom. The highest BCUT2D eigenvalue weighted by atomic mass is 16.8. The van der Waals surface area contributed by atoms with E-state index >= 15 is 0 Å². The van der Waals surface area contributed by atoms with Crippen LogP contribution in [0.2, 0.25) is 0 Å². The third-order valence-corrected chi connectivity index (χ3v) is 3.77. The monoisotopic (exact) mass is 436 g/mol. The Hall–Kier alpha value is -2.28. The van der Waals surface area contributed by atoms with Gasteiger partial charge in [0, 0.05) is 34.3 Å². The highest BCUT2D eigenvalue weighted by molar-refractivity contribution is 5.69. The number of hydrogen-bond acceptors (Lipinski definition) is 12. The van der Waals surface area contributed by atoms with Crippen LogP contribution in [0, 0.1) is 0 Å². The van der Waals surface area contributed by atoms with Crippen molar-refractivity contribution < 1.29 is 57.4 Å². The molecule has 0 aromatic heterocycles. The second-order valence-corrected chi connectivity index (χ2v) is 6.26. The Labute approximate surface area is 173 Å². The van der Waals surface area contributed by atoms with E-state index in [1.807, 2.05) is 0 Å². The van der Waals surface area contributed by atoms with Crippen LogP contribution in [-0.4, -0.2) is 85.8 Å². The molecule has 30 heavy (non-hydrogen) atoms. The summed E-state index contributed by atoms with van der Waals surface area (Å²) in [6.07, 6.45) is -5.60. The molecule has 1 aliphatic heterocycles. The standard InChI is InChI=1S/C18H28O12/c1-6-24-17-18(26-8-7-19,30-13(5)23)16(28-12(4)22)15(27-11(3)21)14(29-17)9-25-10(2)20/h14-17,19H,6-9H2,1-5H3/t14-,15-,16+,17+,18-/m1/s1. The zero-order valence-electron chi connectivity index (χ0n) is 17.6. The predicted octanol–water partition coefficient (Wildman–Crippen LogP) is -0.557. The number of ether oxygens (including phenoxy) is 7. The van der Waals surface area contributed by atoms with Crippen LogP contribution < -0.4 is 0 Å². The number of aliphatic hydroxyl groups is 1. The van der Waals surface area contributed by atoms with Crippen LogP contribution >= 0.6 is 0 Å². The quantitative estimate of drug-likeness (QED) is 0.265. The summed E-state index contributed by atoms with van der Waals surface area (Å²) in [7, 11) is 0. The summed E-state index contributed by atoms with van der Waals surface area (Å²) < 4.78 is 37.8. The highest BCUT2D eigenvalue weighted by Crippen LogP contribution is 2.39. The first-order chi connectivity index (χ1) is 14.1. The maximum atomic E-state index is 11.9. The molecule has 1 aliphatic rings. The summed E-state index contributed by atoms with van der Waals surface area (Å²) in [6.45, 7) is 4.87. The van der Waals surface area contributed by atoms with Gasteiger partial charge in [0.1, 0.15) is 12.7 Å². The van der Waals surface area contributed by atoms with Crippen molar-refractivity contribution in [2.45, 2.75) is 65.0 Å². The zero-order chi connectivity index (χ0) is 22.9. The molecule has 0 aliphatic carbocycles. The van der Waals surface area contributed by atoms with Crippen LogP contribution in [0.5, 0.6) is 0 Å². The van der Waals surface area contributed by atoms with Gasteiger partial charge in [-0.1, -0.05) is 0 Å². The summed E-state index contributed by atoms with van der Waals surface area (Å²) in [4.78, 5) is 46.8. The van der Waals surface area contributed by atoms with Crippen LogP contribution in [0.15, 0.2) is 0 Å². The van der Waals surface area contributed by atoms with Gasteiger partial charge >= 0.3 is 29.7 Å². The summed E-state index contributed by atoms with van der Waals surface area (Å²) in [5, 5.41) is 9.24. The van der Waals surface area contributed by atoms with Gasteiger partial charge in [0.05, 0.1) is 13.2 Å². The van der Waals surface area contributed by atoms with E-state index in [4.69, 9.17) is 33.2 Å². The molecule has 1 heterocycles. The Morgan fingerprint density at radius 1 is 0.967 bits per heavy atom. The van der Waals surface area contributed by atoms with E-state index in [0.29, 0.717) is 0 Å². The first-order valence-corrected chi connectivity index (χ1v) is 9.26. The van der Waals surface area contributed by atoms with Crippen LogP contribution in [0.4, 0.5) is 0 Å². The Balaban J connectivity index is 3.55. The fourth-order valence-corrected chi connectivity index (χ4v) is 2.90. The van der Waals surface area contributed by atoms with Crippen LogP contribution in [-0.2, 0) is 52.3 Å². The van der Waals surface area contributed by atoms with Crippen molar-refractivity contribution in [2.75, 3.05) is 26.4 Å². The molecular formula is C18H28O12. The minimum atomic E-state index is -2.22. The lowest BCUT2D eigenvalue weighted by atomic mass is 9.94.